The number of hydrogen-bond donors (Lipinski definition) is 3. The van der Waals surface area contributed by atoms with E-state index in [4.69, 9.17) is 5.73 Å². The standard InChI is InChI=1S/C14H19N3O2/c15-12-10(13(18)19)11(16-17-12)14-4-7-1-8(5-14)3-9(2-7)6-14/h7-9H,1-6H2,(H,18,19)(H3,15,16,17). The number of carbonyl (C=O) groups is 1. The second kappa shape index (κ2) is 3.52. The lowest BCUT2D eigenvalue weighted by atomic mass is 9.48. The molecule has 1 heterocycles. The second-order valence-electron chi connectivity index (χ2n) is 6.86. The van der Waals surface area contributed by atoms with Gasteiger partial charge in [0.05, 0.1) is 5.69 Å². The molecular formula is C14H19N3O2. The number of aromatic carboxylic acids is 1. The van der Waals surface area contributed by atoms with Gasteiger partial charge in [0.15, 0.2) is 5.82 Å². The van der Waals surface area contributed by atoms with Gasteiger partial charge in [0.2, 0.25) is 0 Å². The fourth-order valence-corrected chi connectivity index (χ4v) is 5.37. The molecule has 1 aromatic heterocycles. The number of aromatic amines is 1. The van der Waals surface area contributed by atoms with Crippen molar-refractivity contribution in [1.82, 2.24) is 10.2 Å². The average molecular weight is 261 g/mol. The van der Waals surface area contributed by atoms with Gasteiger partial charge in [0.1, 0.15) is 5.56 Å². The van der Waals surface area contributed by atoms with Crippen molar-refractivity contribution >= 4 is 11.8 Å². The topological polar surface area (TPSA) is 92.0 Å². The molecule has 0 radical (unpaired) electrons. The first-order chi connectivity index (χ1) is 9.07. The van der Waals surface area contributed by atoms with Crippen LogP contribution in [0.25, 0.3) is 0 Å². The second-order valence-corrected chi connectivity index (χ2v) is 6.86. The zero-order valence-electron chi connectivity index (χ0n) is 10.9. The maximum atomic E-state index is 11.5. The van der Waals surface area contributed by atoms with Crippen molar-refractivity contribution in [3.63, 3.8) is 0 Å². The molecule has 5 heteroatoms. The lowest BCUT2D eigenvalue weighted by Crippen LogP contribution is -2.49. The molecule has 4 saturated carbocycles. The molecule has 4 aliphatic rings. The third-order valence-electron chi connectivity index (χ3n) is 5.58. The van der Waals surface area contributed by atoms with Crippen LogP contribution in [0.2, 0.25) is 0 Å². The summed E-state index contributed by atoms with van der Waals surface area (Å²) in [5.74, 6) is 1.52. The van der Waals surface area contributed by atoms with Crippen LogP contribution in [0.1, 0.15) is 54.6 Å². The van der Waals surface area contributed by atoms with Crippen LogP contribution in [0.4, 0.5) is 5.82 Å². The fraction of sp³-hybridized carbons (Fsp3) is 0.714. The van der Waals surface area contributed by atoms with Gasteiger partial charge in [-0.1, -0.05) is 0 Å². The normalized spacial score (nSPS) is 39.7. The molecule has 1 aromatic rings. The number of H-pyrrole nitrogens is 1. The van der Waals surface area contributed by atoms with Crippen molar-refractivity contribution in [3.8, 4) is 0 Å². The van der Waals surface area contributed by atoms with Crippen LogP contribution >= 0.6 is 0 Å². The van der Waals surface area contributed by atoms with Gasteiger partial charge < -0.3 is 10.8 Å². The van der Waals surface area contributed by atoms with Crippen LogP contribution in [0.5, 0.6) is 0 Å². The van der Waals surface area contributed by atoms with Crippen LogP contribution < -0.4 is 5.73 Å². The third-order valence-corrected chi connectivity index (χ3v) is 5.58. The van der Waals surface area contributed by atoms with Gasteiger partial charge in [0, 0.05) is 5.41 Å². The maximum absolute atomic E-state index is 11.5. The molecule has 0 unspecified atom stereocenters. The zero-order chi connectivity index (χ0) is 13.2. The Morgan fingerprint density at radius 2 is 1.74 bits per heavy atom. The smallest absolute Gasteiger partial charge is 0.341 e. The van der Waals surface area contributed by atoms with Crippen molar-refractivity contribution in [3.05, 3.63) is 11.3 Å². The van der Waals surface area contributed by atoms with E-state index in [0.717, 1.165) is 42.7 Å². The summed E-state index contributed by atoms with van der Waals surface area (Å²) < 4.78 is 0. The summed E-state index contributed by atoms with van der Waals surface area (Å²) >= 11 is 0. The number of rotatable bonds is 2. The molecular weight excluding hydrogens is 242 g/mol. The highest BCUT2D eigenvalue weighted by Gasteiger charge is 2.53. The Hall–Kier alpha value is -1.52. The predicted octanol–water partition coefficient (Wildman–Crippen LogP) is 2.16. The Morgan fingerprint density at radius 1 is 1.21 bits per heavy atom. The van der Waals surface area contributed by atoms with E-state index in [1.165, 1.54) is 19.3 Å². The van der Waals surface area contributed by atoms with Crippen LogP contribution in [-0.2, 0) is 5.41 Å². The van der Waals surface area contributed by atoms with Gasteiger partial charge in [-0.25, -0.2) is 4.79 Å². The van der Waals surface area contributed by atoms with E-state index in [2.05, 4.69) is 10.2 Å². The Labute approximate surface area is 111 Å². The Kier molecular flexibility index (Phi) is 2.10. The van der Waals surface area contributed by atoms with Gasteiger partial charge in [-0.05, 0) is 56.3 Å². The minimum absolute atomic E-state index is 0.00704. The first kappa shape index (κ1) is 11.3. The number of aromatic nitrogens is 2. The number of hydrogen-bond acceptors (Lipinski definition) is 3. The predicted molar refractivity (Wildman–Crippen MR) is 69.8 cm³/mol. The summed E-state index contributed by atoms with van der Waals surface area (Å²) in [7, 11) is 0. The number of carboxylic acid groups (broad SMARTS) is 1. The number of nitrogens with one attached hydrogen (secondary N) is 1. The highest BCUT2D eigenvalue weighted by Crippen LogP contribution is 2.60. The van der Waals surface area contributed by atoms with Crippen molar-refractivity contribution < 1.29 is 9.90 Å². The van der Waals surface area contributed by atoms with Crippen LogP contribution in [0.3, 0.4) is 0 Å². The summed E-state index contributed by atoms with van der Waals surface area (Å²) in [4.78, 5) is 11.5. The first-order valence-corrected chi connectivity index (χ1v) is 7.15. The van der Waals surface area contributed by atoms with Crippen LogP contribution in [-0.4, -0.2) is 21.3 Å². The Morgan fingerprint density at radius 3 is 2.21 bits per heavy atom. The summed E-state index contributed by atoms with van der Waals surface area (Å²) in [6.07, 6.45) is 7.35. The molecule has 5 nitrogen and oxygen atoms in total. The molecule has 4 aliphatic carbocycles. The molecule has 0 amide bonds. The van der Waals surface area contributed by atoms with Gasteiger partial charge in [-0.2, -0.15) is 5.10 Å². The molecule has 0 spiro atoms. The Balaban J connectivity index is 1.82. The quantitative estimate of drug-likeness (QED) is 0.760. The molecule has 4 bridgehead atoms. The van der Waals surface area contributed by atoms with E-state index in [0.29, 0.717) is 0 Å². The molecule has 5 rings (SSSR count). The van der Waals surface area contributed by atoms with Gasteiger partial charge >= 0.3 is 5.97 Å². The average Bonchev–Trinajstić information content (AvgIpc) is 2.70. The lowest BCUT2D eigenvalue weighted by molar-refractivity contribution is -0.00782. The number of nitrogens with zero attached hydrogens (tertiary/aromatic N) is 1. The first-order valence-electron chi connectivity index (χ1n) is 7.15. The number of anilines is 1. The van der Waals surface area contributed by atoms with Crippen LogP contribution in [0.15, 0.2) is 0 Å². The SMILES string of the molecule is Nc1n[nH]c(C23CC4CC(CC(C4)C2)C3)c1C(=O)O. The summed E-state index contributed by atoms with van der Waals surface area (Å²) in [5.41, 5.74) is 6.77. The van der Waals surface area contributed by atoms with Crippen molar-refractivity contribution in [2.45, 2.75) is 43.9 Å². The highest BCUT2D eigenvalue weighted by atomic mass is 16.4. The van der Waals surface area contributed by atoms with Gasteiger partial charge in [-0.15, -0.1) is 0 Å². The monoisotopic (exact) mass is 261 g/mol. The number of nitrogens with two attached hydrogens (primary N) is 1. The van der Waals surface area contributed by atoms with Crippen molar-refractivity contribution in [1.29, 1.82) is 0 Å². The van der Waals surface area contributed by atoms with Gasteiger partial charge in [0.25, 0.3) is 0 Å². The van der Waals surface area contributed by atoms with E-state index in [1.807, 2.05) is 0 Å². The zero-order valence-corrected chi connectivity index (χ0v) is 10.9. The molecule has 0 aliphatic heterocycles. The molecule has 0 aromatic carbocycles. The summed E-state index contributed by atoms with van der Waals surface area (Å²) in [5, 5.41) is 16.3. The summed E-state index contributed by atoms with van der Waals surface area (Å²) in [6.45, 7) is 0. The molecule has 4 N–H and O–H groups in total. The third kappa shape index (κ3) is 1.47. The molecule has 19 heavy (non-hydrogen) atoms. The lowest BCUT2D eigenvalue weighted by Gasteiger charge is -2.56. The number of nitrogen functional groups attached to an aromatic ring is 1. The van der Waals surface area contributed by atoms with Crippen LogP contribution in [0, 0.1) is 17.8 Å². The van der Waals surface area contributed by atoms with E-state index >= 15 is 0 Å². The van der Waals surface area contributed by atoms with Crippen molar-refractivity contribution in [2.75, 3.05) is 5.73 Å². The van der Waals surface area contributed by atoms with E-state index < -0.39 is 5.97 Å². The molecule has 102 valence electrons. The van der Waals surface area contributed by atoms with E-state index in [-0.39, 0.29) is 16.8 Å². The minimum Gasteiger partial charge on any atom is -0.477 e. The molecule has 4 fully saturated rings. The molecule has 0 atom stereocenters. The largest absolute Gasteiger partial charge is 0.477 e. The fourth-order valence-electron chi connectivity index (χ4n) is 5.37. The maximum Gasteiger partial charge on any atom is 0.341 e. The highest BCUT2D eigenvalue weighted by molar-refractivity contribution is 5.94. The summed E-state index contributed by atoms with van der Waals surface area (Å²) in [6, 6.07) is 0. The number of carboxylic acids is 1. The van der Waals surface area contributed by atoms with Gasteiger partial charge in [-0.3, -0.25) is 5.10 Å². The van der Waals surface area contributed by atoms with E-state index in [9.17, 15) is 9.90 Å². The Bertz CT molecular complexity index is 514. The van der Waals surface area contributed by atoms with Crippen molar-refractivity contribution in [2.24, 2.45) is 17.8 Å². The molecule has 0 saturated heterocycles. The van der Waals surface area contributed by atoms with E-state index in [1.54, 1.807) is 0 Å². The minimum atomic E-state index is -0.947.